The minimum atomic E-state index is 0.393. The number of alkyl halides is 1. The van der Waals surface area contributed by atoms with E-state index in [1.165, 1.54) is 25.7 Å². The fourth-order valence-electron chi connectivity index (χ4n) is 1.63. The molecule has 2 atom stereocenters. The average Bonchev–Trinajstić information content (AvgIpc) is 2.03. The van der Waals surface area contributed by atoms with Crippen LogP contribution in [0, 0.1) is 17.8 Å². The van der Waals surface area contributed by atoms with E-state index in [4.69, 9.17) is 11.6 Å². The van der Waals surface area contributed by atoms with Gasteiger partial charge in [-0.3, -0.25) is 0 Å². The Morgan fingerprint density at radius 1 is 1.36 bits per heavy atom. The standard InChI is InChI=1S/C10H15Cl/c1-2-3-6-9-7-4-5-8-10(9)11/h9-10H,4-8H2,1H3. The molecule has 2 unspecified atom stereocenters. The zero-order chi connectivity index (χ0) is 8.10. The van der Waals surface area contributed by atoms with Crippen molar-refractivity contribution in [1.29, 1.82) is 0 Å². The lowest BCUT2D eigenvalue weighted by Crippen LogP contribution is -2.18. The third-order valence-corrected chi connectivity index (χ3v) is 2.93. The Balaban J connectivity index is 2.33. The van der Waals surface area contributed by atoms with Crippen LogP contribution in [-0.2, 0) is 0 Å². The first-order valence-electron chi connectivity index (χ1n) is 4.38. The van der Waals surface area contributed by atoms with Gasteiger partial charge in [0, 0.05) is 11.8 Å². The third kappa shape index (κ3) is 2.75. The van der Waals surface area contributed by atoms with Gasteiger partial charge in [0.2, 0.25) is 0 Å². The summed E-state index contributed by atoms with van der Waals surface area (Å²) in [5, 5.41) is 0.393. The molecular formula is C10H15Cl. The molecule has 0 aliphatic heterocycles. The first-order valence-corrected chi connectivity index (χ1v) is 4.82. The molecule has 1 fully saturated rings. The maximum atomic E-state index is 6.15. The van der Waals surface area contributed by atoms with E-state index in [0.717, 1.165) is 6.42 Å². The van der Waals surface area contributed by atoms with Gasteiger partial charge in [0.15, 0.2) is 0 Å². The van der Waals surface area contributed by atoms with Gasteiger partial charge in [-0.05, 0) is 25.7 Å². The topological polar surface area (TPSA) is 0 Å². The fraction of sp³-hybridized carbons (Fsp3) is 0.800. The highest BCUT2D eigenvalue weighted by atomic mass is 35.5. The molecule has 0 radical (unpaired) electrons. The Bertz CT molecular complexity index is 163. The van der Waals surface area contributed by atoms with Crippen molar-refractivity contribution in [3.63, 3.8) is 0 Å². The van der Waals surface area contributed by atoms with E-state index in [1.54, 1.807) is 0 Å². The minimum Gasteiger partial charge on any atom is -0.123 e. The molecule has 0 nitrogen and oxygen atoms in total. The highest BCUT2D eigenvalue weighted by molar-refractivity contribution is 6.20. The smallest absolute Gasteiger partial charge is 0.0373 e. The van der Waals surface area contributed by atoms with Crippen molar-refractivity contribution >= 4 is 11.6 Å². The van der Waals surface area contributed by atoms with Crippen LogP contribution in [-0.4, -0.2) is 5.38 Å². The van der Waals surface area contributed by atoms with Crippen LogP contribution in [0.5, 0.6) is 0 Å². The molecule has 1 saturated carbocycles. The van der Waals surface area contributed by atoms with Crippen molar-refractivity contribution in [2.45, 2.75) is 44.4 Å². The summed E-state index contributed by atoms with van der Waals surface area (Å²) in [6, 6.07) is 0. The molecule has 1 aliphatic rings. The predicted molar refractivity (Wildman–Crippen MR) is 49.7 cm³/mol. The molecule has 0 bridgehead atoms. The van der Waals surface area contributed by atoms with Crippen molar-refractivity contribution in [1.82, 2.24) is 0 Å². The van der Waals surface area contributed by atoms with Gasteiger partial charge in [-0.2, -0.15) is 0 Å². The SMILES string of the molecule is CC#CCC1CCCCC1Cl. The molecule has 0 N–H and O–H groups in total. The molecule has 0 heterocycles. The van der Waals surface area contributed by atoms with Gasteiger partial charge in [-0.25, -0.2) is 0 Å². The van der Waals surface area contributed by atoms with Crippen molar-refractivity contribution in [3.8, 4) is 11.8 Å². The molecule has 0 amide bonds. The van der Waals surface area contributed by atoms with E-state index in [1.807, 2.05) is 6.92 Å². The number of hydrogen-bond acceptors (Lipinski definition) is 0. The third-order valence-electron chi connectivity index (χ3n) is 2.36. The maximum Gasteiger partial charge on any atom is 0.0373 e. The summed E-state index contributed by atoms with van der Waals surface area (Å²) < 4.78 is 0. The van der Waals surface area contributed by atoms with Crippen molar-refractivity contribution in [2.24, 2.45) is 5.92 Å². The second-order valence-electron chi connectivity index (χ2n) is 3.19. The number of halogens is 1. The highest BCUT2D eigenvalue weighted by Crippen LogP contribution is 2.30. The second kappa shape index (κ2) is 4.67. The van der Waals surface area contributed by atoms with Crippen molar-refractivity contribution in [3.05, 3.63) is 0 Å². The monoisotopic (exact) mass is 170 g/mol. The fourth-order valence-corrected chi connectivity index (χ4v) is 1.99. The molecule has 0 aromatic heterocycles. The molecule has 0 aromatic rings. The van der Waals surface area contributed by atoms with Crippen LogP contribution in [0.25, 0.3) is 0 Å². The Morgan fingerprint density at radius 3 is 2.73 bits per heavy atom. The molecule has 62 valence electrons. The molecule has 1 heteroatoms. The van der Waals surface area contributed by atoms with E-state index in [9.17, 15) is 0 Å². The molecule has 1 aliphatic carbocycles. The Hall–Kier alpha value is -0.150. The lowest BCUT2D eigenvalue weighted by atomic mass is 9.87. The molecular weight excluding hydrogens is 156 g/mol. The quantitative estimate of drug-likeness (QED) is 0.419. The molecule has 0 saturated heterocycles. The summed E-state index contributed by atoms with van der Waals surface area (Å²) in [6.07, 6.45) is 6.13. The van der Waals surface area contributed by atoms with E-state index < -0.39 is 0 Å². The normalized spacial score (nSPS) is 30.7. The van der Waals surface area contributed by atoms with Gasteiger partial charge < -0.3 is 0 Å². The van der Waals surface area contributed by atoms with Gasteiger partial charge in [0.05, 0.1) is 0 Å². The van der Waals surface area contributed by atoms with Crippen molar-refractivity contribution < 1.29 is 0 Å². The van der Waals surface area contributed by atoms with Crippen LogP contribution >= 0.6 is 11.6 Å². The molecule has 11 heavy (non-hydrogen) atoms. The zero-order valence-electron chi connectivity index (χ0n) is 7.07. The summed E-state index contributed by atoms with van der Waals surface area (Å²) >= 11 is 6.15. The average molecular weight is 171 g/mol. The van der Waals surface area contributed by atoms with E-state index in [-0.39, 0.29) is 0 Å². The summed E-state index contributed by atoms with van der Waals surface area (Å²) in [7, 11) is 0. The van der Waals surface area contributed by atoms with E-state index in [2.05, 4.69) is 11.8 Å². The van der Waals surface area contributed by atoms with Crippen LogP contribution in [0.1, 0.15) is 39.0 Å². The van der Waals surface area contributed by atoms with Crippen LogP contribution in [0.3, 0.4) is 0 Å². The number of rotatable bonds is 1. The maximum absolute atomic E-state index is 6.15. The molecule has 0 spiro atoms. The first-order chi connectivity index (χ1) is 5.34. The first kappa shape index (κ1) is 8.94. The zero-order valence-corrected chi connectivity index (χ0v) is 7.82. The van der Waals surface area contributed by atoms with Crippen LogP contribution in [0.2, 0.25) is 0 Å². The summed E-state index contributed by atoms with van der Waals surface area (Å²) in [5.74, 6) is 6.71. The van der Waals surface area contributed by atoms with Gasteiger partial charge in [0.25, 0.3) is 0 Å². The van der Waals surface area contributed by atoms with E-state index in [0.29, 0.717) is 11.3 Å². The minimum absolute atomic E-state index is 0.393. The molecule has 0 aromatic carbocycles. The number of hydrogen-bond donors (Lipinski definition) is 0. The second-order valence-corrected chi connectivity index (χ2v) is 3.75. The summed E-state index contributed by atoms with van der Waals surface area (Å²) in [5.41, 5.74) is 0. The Labute approximate surface area is 74.3 Å². The van der Waals surface area contributed by atoms with Crippen LogP contribution < -0.4 is 0 Å². The highest BCUT2D eigenvalue weighted by Gasteiger charge is 2.21. The Morgan fingerprint density at radius 2 is 2.09 bits per heavy atom. The van der Waals surface area contributed by atoms with Gasteiger partial charge in [-0.15, -0.1) is 23.4 Å². The largest absolute Gasteiger partial charge is 0.123 e. The molecule has 1 rings (SSSR count). The van der Waals surface area contributed by atoms with Gasteiger partial charge in [-0.1, -0.05) is 12.8 Å². The van der Waals surface area contributed by atoms with Crippen LogP contribution in [0.4, 0.5) is 0 Å². The predicted octanol–water partition coefficient (Wildman–Crippen LogP) is 3.20. The van der Waals surface area contributed by atoms with Gasteiger partial charge in [0.1, 0.15) is 0 Å². The van der Waals surface area contributed by atoms with Crippen LogP contribution in [0.15, 0.2) is 0 Å². The lowest BCUT2D eigenvalue weighted by Gasteiger charge is -2.24. The lowest BCUT2D eigenvalue weighted by molar-refractivity contribution is 0.372. The van der Waals surface area contributed by atoms with Crippen molar-refractivity contribution in [2.75, 3.05) is 0 Å². The summed E-state index contributed by atoms with van der Waals surface area (Å²) in [6.45, 7) is 1.89. The van der Waals surface area contributed by atoms with E-state index >= 15 is 0 Å². The van der Waals surface area contributed by atoms with Gasteiger partial charge >= 0.3 is 0 Å². The Kier molecular flexibility index (Phi) is 3.80. The summed E-state index contributed by atoms with van der Waals surface area (Å²) in [4.78, 5) is 0.